The highest BCUT2D eigenvalue weighted by molar-refractivity contribution is 8.00. The molecule has 1 aliphatic heterocycles. The highest BCUT2D eigenvalue weighted by atomic mass is 32.2. The fourth-order valence-electron chi connectivity index (χ4n) is 1.88. The van der Waals surface area contributed by atoms with Crippen molar-refractivity contribution in [2.45, 2.75) is 30.9 Å². The summed E-state index contributed by atoms with van der Waals surface area (Å²) in [5.74, 6) is 1.41. The summed E-state index contributed by atoms with van der Waals surface area (Å²) in [6.07, 6.45) is 7.20. The number of rotatable bonds is 3. The zero-order valence-electron chi connectivity index (χ0n) is 9.19. The van der Waals surface area contributed by atoms with E-state index in [0.717, 1.165) is 17.7 Å². The van der Waals surface area contributed by atoms with Gasteiger partial charge in [0.1, 0.15) is 5.78 Å². The van der Waals surface area contributed by atoms with E-state index in [9.17, 15) is 4.79 Å². The second-order valence-corrected chi connectivity index (χ2v) is 5.38. The molecule has 2 heterocycles. The normalized spacial score (nSPS) is 20.6. The first-order chi connectivity index (χ1) is 7.77. The highest BCUT2D eigenvalue weighted by Gasteiger charge is 2.22. The van der Waals surface area contributed by atoms with Gasteiger partial charge in [-0.15, -0.1) is 0 Å². The standard InChI is InChI=1S/C12H16N2OS/c13-10-4-5-14-8-9(10)7-11(15)12-3-1-2-6-16-12/h4-5,8,12H,1-3,6-7H2,(H2,13,14). The number of pyridine rings is 1. The van der Waals surface area contributed by atoms with Crippen molar-refractivity contribution in [3.05, 3.63) is 24.0 Å². The molecule has 1 saturated heterocycles. The van der Waals surface area contributed by atoms with Crippen molar-refractivity contribution in [3.63, 3.8) is 0 Å². The summed E-state index contributed by atoms with van der Waals surface area (Å²) in [7, 11) is 0. The molecule has 1 fully saturated rings. The molecule has 2 rings (SSSR count). The fourth-order valence-corrected chi connectivity index (χ4v) is 3.14. The Morgan fingerprint density at radius 1 is 1.56 bits per heavy atom. The van der Waals surface area contributed by atoms with Crippen LogP contribution < -0.4 is 5.73 Å². The number of nitrogens with two attached hydrogens (primary N) is 1. The second kappa shape index (κ2) is 5.34. The zero-order chi connectivity index (χ0) is 11.4. The van der Waals surface area contributed by atoms with E-state index >= 15 is 0 Å². The summed E-state index contributed by atoms with van der Waals surface area (Å²) in [5.41, 5.74) is 7.33. The maximum Gasteiger partial charge on any atom is 0.150 e. The van der Waals surface area contributed by atoms with Crippen LogP contribution in [-0.2, 0) is 11.2 Å². The van der Waals surface area contributed by atoms with Crippen LogP contribution in [0.25, 0.3) is 0 Å². The Hall–Kier alpha value is -1.03. The molecule has 0 aromatic carbocycles. The number of thioether (sulfide) groups is 1. The van der Waals surface area contributed by atoms with Gasteiger partial charge >= 0.3 is 0 Å². The number of anilines is 1. The van der Waals surface area contributed by atoms with Crippen molar-refractivity contribution in [2.24, 2.45) is 0 Å². The van der Waals surface area contributed by atoms with Gasteiger partial charge in [0.05, 0.1) is 5.25 Å². The Kier molecular flexibility index (Phi) is 3.83. The topological polar surface area (TPSA) is 56.0 Å². The van der Waals surface area contributed by atoms with E-state index in [2.05, 4.69) is 4.98 Å². The van der Waals surface area contributed by atoms with E-state index < -0.39 is 0 Å². The lowest BCUT2D eigenvalue weighted by Gasteiger charge is -2.20. The minimum Gasteiger partial charge on any atom is -0.398 e. The van der Waals surface area contributed by atoms with Crippen LogP contribution in [0.3, 0.4) is 0 Å². The Morgan fingerprint density at radius 3 is 3.12 bits per heavy atom. The van der Waals surface area contributed by atoms with Crippen LogP contribution in [0.5, 0.6) is 0 Å². The molecule has 2 N–H and O–H groups in total. The lowest BCUT2D eigenvalue weighted by Crippen LogP contribution is -2.23. The third kappa shape index (κ3) is 2.76. The largest absolute Gasteiger partial charge is 0.398 e. The van der Waals surface area contributed by atoms with Gasteiger partial charge in [-0.25, -0.2) is 0 Å². The third-order valence-corrected chi connectivity index (χ3v) is 4.27. The molecule has 0 spiro atoms. The minimum absolute atomic E-state index is 0.174. The number of carbonyl (C=O) groups is 1. The number of hydrogen-bond donors (Lipinski definition) is 1. The van der Waals surface area contributed by atoms with Gasteiger partial charge < -0.3 is 5.73 Å². The second-order valence-electron chi connectivity index (χ2n) is 4.07. The van der Waals surface area contributed by atoms with E-state index in [1.165, 1.54) is 12.8 Å². The molecule has 0 amide bonds. The number of nitrogens with zero attached hydrogens (tertiary/aromatic N) is 1. The molecule has 0 radical (unpaired) electrons. The molecule has 1 aliphatic rings. The van der Waals surface area contributed by atoms with E-state index in [-0.39, 0.29) is 5.25 Å². The van der Waals surface area contributed by atoms with Gasteiger partial charge in [-0.1, -0.05) is 6.42 Å². The molecule has 0 bridgehead atoms. The van der Waals surface area contributed by atoms with Crippen LogP contribution in [0, 0.1) is 0 Å². The molecule has 1 aromatic heterocycles. The van der Waals surface area contributed by atoms with Crippen molar-refractivity contribution >= 4 is 23.2 Å². The van der Waals surface area contributed by atoms with Gasteiger partial charge in [0, 0.05) is 30.1 Å². The number of hydrogen-bond acceptors (Lipinski definition) is 4. The van der Waals surface area contributed by atoms with Crippen molar-refractivity contribution in [3.8, 4) is 0 Å². The Morgan fingerprint density at radius 2 is 2.44 bits per heavy atom. The average molecular weight is 236 g/mol. The molecule has 1 atom stereocenters. The molecular formula is C12H16N2OS. The van der Waals surface area contributed by atoms with Crippen molar-refractivity contribution in [1.82, 2.24) is 4.98 Å². The summed E-state index contributed by atoms with van der Waals surface area (Å²) >= 11 is 1.79. The zero-order valence-corrected chi connectivity index (χ0v) is 10.0. The van der Waals surface area contributed by atoms with E-state index in [1.54, 1.807) is 30.2 Å². The minimum atomic E-state index is 0.174. The van der Waals surface area contributed by atoms with Crippen LogP contribution in [0.1, 0.15) is 24.8 Å². The summed E-state index contributed by atoms with van der Waals surface area (Å²) in [4.78, 5) is 16.0. The summed E-state index contributed by atoms with van der Waals surface area (Å²) in [6, 6.07) is 1.75. The first-order valence-corrected chi connectivity index (χ1v) is 6.65. The third-order valence-electron chi connectivity index (χ3n) is 2.84. The number of carbonyl (C=O) groups excluding carboxylic acids is 1. The number of Topliss-reactive ketones (excluding diaryl/α,β-unsaturated/α-hetero) is 1. The van der Waals surface area contributed by atoms with Crippen molar-refractivity contribution in [2.75, 3.05) is 11.5 Å². The van der Waals surface area contributed by atoms with E-state index in [0.29, 0.717) is 17.9 Å². The van der Waals surface area contributed by atoms with Gasteiger partial charge in [0.15, 0.2) is 0 Å². The molecule has 4 heteroatoms. The SMILES string of the molecule is Nc1ccncc1CC(=O)C1CCCCS1. The predicted molar refractivity (Wildman–Crippen MR) is 67.5 cm³/mol. The molecule has 86 valence electrons. The predicted octanol–water partition coefficient (Wildman–Crippen LogP) is 2.06. The van der Waals surface area contributed by atoms with Gasteiger partial charge in [0.2, 0.25) is 0 Å². The first kappa shape index (κ1) is 11.5. The summed E-state index contributed by atoms with van der Waals surface area (Å²) in [6.45, 7) is 0. The highest BCUT2D eigenvalue weighted by Crippen LogP contribution is 2.27. The van der Waals surface area contributed by atoms with Crippen LogP contribution in [-0.4, -0.2) is 21.8 Å². The Balaban J connectivity index is 1.99. The maximum absolute atomic E-state index is 12.0. The number of aromatic nitrogens is 1. The van der Waals surface area contributed by atoms with Gasteiger partial charge in [0.25, 0.3) is 0 Å². The van der Waals surface area contributed by atoms with Crippen LogP contribution in [0.15, 0.2) is 18.5 Å². The average Bonchev–Trinajstić information content (AvgIpc) is 2.33. The van der Waals surface area contributed by atoms with Crippen LogP contribution in [0.2, 0.25) is 0 Å². The quantitative estimate of drug-likeness (QED) is 0.872. The molecule has 3 nitrogen and oxygen atoms in total. The van der Waals surface area contributed by atoms with Crippen molar-refractivity contribution in [1.29, 1.82) is 0 Å². The Labute approximate surface area is 99.8 Å². The van der Waals surface area contributed by atoms with E-state index in [4.69, 9.17) is 5.73 Å². The van der Waals surface area contributed by atoms with Crippen LogP contribution >= 0.6 is 11.8 Å². The molecule has 1 unspecified atom stereocenters. The monoisotopic (exact) mass is 236 g/mol. The lowest BCUT2D eigenvalue weighted by atomic mass is 10.0. The summed E-state index contributed by atoms with van der Waals surface area (Å²) < 4.78 is 0. The van der Waals surface area contributed by atoms with Gasteiger partial charge in [-0.2, -0.15) is 11.8 Å². The Bertz CT molecular complexity index is 375. The molecule has 1 aromatic rings. The molecule has 0 saturated carbocycles. The number of ketones is 1. The lowest BCUT2D eigenvalue weighted by molar-refractivity contribution is -0.118. The molecule has 16 heavy (non-hydrogen) atoms. The van der Waals surface area contributed by atoms with Gasteiger partial charge in [-0.3, -0.25) is 9.78 Å². The number of nitrogen functional groups attached to an aromatic ring is 1. The summed E-state index contributed by atoms with van der Waals surface area (Å²) in [5, 5.41) is 0.174. The van der Waals surface area contributed by atoms with E-state index in [1.807, 2.05) is 0 Å². The smallest absolute Gasteiger partial charge is 0.150 e. The van der Waals surface area contributed by atoms with Gasteiger partial charge in [-0.05, 0) is 24.7 Å². The fraction of sp³-hybridized carbons (Fsp3) is 0.500. The first-order valence-electron chi connectivity index (χ1n) is 5.60. The van der Waals surface area contributed by atoms with Crippen LogP contribution in [0.4, 0.5) is 5.69 Å². The maximum atomic E-state index is 12.0. The molecule has 0 aliphatic carbocycles. The van der Waals surface area contributed by atoms with Crippen molar-refractivity contribution < 1.29 is 4.79 Å². The molecular weight excluding hydrogens is 220 g/mol.